The molecule has 0 aliphatic carbocycles. The molecule has 44 heavy (non-hydrogen) atoms. The normalized spacial score (nSPS) is 12.2. The number of unbranched alkanes of at least 4 members (excludes halogenated alkanes) is 8. The van der Waals surface area contributed by atoms with Gasteiger partial charge >= 0.3 is 0 Å². The van der Waals surface area contributed by atoms with E-state index in [0.29, 0.717) is 41.3 Å². The second-order valence-electron chi connectivity index (χ2n) is 11.1. The Hall–Kier alpha value is -4.40. The maximum absolute atomic E-state index is 10.3. The summed E-state index contributed by atoms with van der Waals surface area (Å²) in [6.07, 6.45) is 17.0. The van der Waals surface area contributed by atoms with Gasteiger partial charge in [0.15, 0.2) is 0 Å². The van der Waals surface area contributed by atoms with Gasteiger partial charge in [-0.2, -0.15) is 15.0 Å². The lowest BCUT2D eigenvalue weighted by atomic mass is 10.1. The highest BCUT2D eigenvalue weighted by atomic mass is 16.3. The van der Waals surface area contributed by atoms with E-state index in [1.807, 2.05) is 24.5 Å². The zero-order valence-corrected chi connectivity index (χ0v) is 26.3. The average Bonchev–Trinajstić information content (AvgIpc) is 3.46. The second-order valence-corrected chi connectivity index (χ2v) is 11.1. The molecule has 0 aliphatic heterocycles. The molecule has 0 amide bonds. The van der Waals surface area contributed by atoms with E-state index in [1.54, 1.807) is 50.2 Å². The molecule has 0 aliphatic rings. The monoisotopic (exact) mass is 595 g/mol. The molecule has 0 spiro atoms. The van der Waals surface area contributed by atoms with Crippen molar-refractivity contribution in [3.05, 3.63) is 83.7 Å². The first kappa shape index (κ1) is 32.5. The largest absolute Gasteiger partial charge is 0.507 e. The van der Waals surface area contributed by atoms with E-state index < -0.39 is 0 Å². The average molecular weight is 596 g/mol. The number of benzene rings is 2. The van der Waals surface area contributed by atoms with Crippen molar-refractivity contribution in [1.29, 1.82) is 0 Å². The molecule has 0 radical (unpaired) electrons. The number of hydrogen-bond acceptors (Lipinski definition) is 8. The number of aromatic hydroxyl groups is 2. The van der Waals surface area contributed by atoms with Crippen LogP contribution in [0.1, 0.15) is 101 Å². The summed E-state index contributed by atoms with van der Waals surface area (Å²) in [4.78, 5) is 27.6. The Kier molecular flexibility index (Phi) is 12.6. The van der Waals surface area contributed by atoms with Crippen molar-refractivity contribution in [3.8, 4) is 11.5 Å². The third-order valence-electron chi connectivity index (χ3n) is 7.66. The summed E-state index contributed by atoms with van der Waals surface area (Å²) in [7, 11) is 0. The number of aliphatic imine (C=N–C) groups is 2. The smallest absolute Gasteiger partial charge is 0.254 e. The predicted molar refractivity (Wildman–Crippen MR) is 177 cm³/mol. The molecule has 9 nitrogen and oxygen atoms in total. The van der Waals surface area contributed by atoms with E-state index in [9.17, 15) is 10.2 Å². The topological polar surface area (TPSA) is 122 Å². The Morgan fingerprint density at radius 1 is 0.682 bits per heavy atom. The molecule has 4 aromatic rings. The van der Waals surface area contributed by atoms with Gasteiger partial charge in [-0.15, -0.1) is 0 Å². The molecule has 2 N–H and O–H groups in total. The Labute approximate surface area is 260 Å². The zero-order chi connectivity index (χ0) is 31.1. The molecule has 2 aromatic heterocycles. The van der Waals surface area contributed by atoms with Crippen LogP contribution in [0.25, 0.3) is 0 Å². The molecule has 0 saturated heterocycles. The highest BCUT2D eigenvalue weighted by Gasteiger charge is 2.12. The van der Waals surface area contributed by atoms with Crippen molar-refractivity contribution >= 4 is 23.3 Å². The van der Waals surface area contributed by atoms with Crippen LogP contribution < -0.4 is 0 Å². The fourth-order valence-electron chi connectivity index (χ4n) is 5.17. The number of aromatic nitrogens is 5. The van der Waals surface area contributed by atoms with Gasteiger partial charge in [-0.1, -0.05) is 82.6 Å². The molecule has 2 aromatic carbocycles. The minimum absolute atomic E-state index is 0.135. The molecule has 0 bridgehead atoms. The van der Waals surface area contributed by atoms with Crippen molar-refractivity contribution in [2.45, 2.75) is 97.9 Å². The van der Waals surface area contributed by atoms with Crippen molar-refractivity contribution < 1.29 is 10.2 Å². The Balaban J connectivity index is 1.47. The predicted octanol–water partition coefficient (Wildman–Crippen LogP) is 8.08. The van der Waals surface area contributed by atoms with Crippen molar-refractivity contribution in [1.82, 2.24) is 24.5 Å². The van der Waals surface area contributed by atoms with Crippen LogP contribution in [0.5, 0.6) is 11.5 Å². The fourth-order valence-corrected chi connectivity index (χ4v) is 5.17. The molecular formula is C35H45N7O2. The third kappa shape index (κ3) is 9.82. The molecule has 0 unspecified atom stereocenters. The van der Waals surface area contributed by atoms with E-state index in [0.717, 1.165) is 18.7 Å². The van der Waals surface area contributed by atoms with Crippen LogP contribution in [0.3, 0.4) is 0 Å². The summed E-state index contributed by atoms with van der Waals surface area (Å²) in [6.45, 7) is 6.53. The first-order valence-electron chi connectivity index (χ1n) is 15.9. The number of phenolic OH excluding ortho intramolecular Hbond substituents is 2. The van der Waals surface area contributed by atoms with Crippen LogP contribution in [-0.2, 0) is 19.4 Å². The van der Waals surface area contributed by atoms with E-state index in [2.05, 4.69) is 41.4 Å². The van der Waals surface area contributed by atoms with E-state index >= 15 is 0 Å². The quantitative estimate of drug-likeness (QED) is 0.0940. The zero-order valence-electron chi connectivity index (χ0n) is 26.3. The Morgan fingerprint density at radius 2 is 1.20 bits per heavy atom. The molecule has 0 atom stereocenters. The summed E-state index contributed by atoms with van der Waals surface area (Å²) >= 11 is 0. The first-order valence-corrected chi connectivity index (χ1v) is 15.9. The van der Waals surface area contributed by atoms with Gasteiger partial charge in [0.1, 0.15) is 23.1 Å². The summed E-state index contributed by atoms with van der Waals surface area (Å²) in [5, 5.41) is 20.6. The van der Waals surface area contributed by atoms with Crippen LogP contribution in [0.15, 0.2) is 70.9 Å². The molecule has 2 heterocycles. The number of imidazole rings is 1. The lowest BCUT2D eigenvalue weighted by molar-refractivity contribution is 0.473. The summed E-state index contributed by atoms with van der Waals surface area (Å²) in [6, 6.07) is 14.1. The molecule has 0 saturated carbocycles. The van der Waals surface area contributed by atoms with Crippen LogP contribution in [0.2, 0.25) is 0 Å². The first-order chi connectivity index (χ1) is 21.4. The lowest BCUT2D eigenvalue weighted by Gasteiger charge is -2.09. The van der Waals surface area contributed by atoms with Crippen LogP contribution >= 0.6 is 0 Å². The van der Waals surface area contributed by atoms with E-state index in [-0.39, 0.29) is 23.4 Å². The fraction of sp³-hybridized carbons (Fsp3) is 0.429. The number of para-hydroxylation sites is 2. The minimum atomic E-state index is 0.135. The molecule has 4 rings (SSSR count). The highest BCUT2D eigenvalue weighted by Crippen LogP contribution is 2.22. The maximum Gasteiger partial charge on any atom is 0.254 e. The number of aryl methyl sites for hydroxylation is 3. The standard InChI is InChI=1S/C35H45N7O2/c1-4-5-6-7-8-9-10-11-12-21-33-36-23-25-42(33)24-22-32-39-34(37-26(2)28-17-13-15-19-30(28)43)41-35(40-32)38-27(3)29-18-14-16-20-31(29)44/h13-20,23,25,43-44H,4-12,21-22,24H2,1-3H3. The van der Waals surface area contributed by atoms with Crippen LogP contribution in [-0.4, -0.2) is 46.1 Å². The summed E-state index contributed by atoms with van der Waals surface area (Å²) in [5.41, 5.74) is 2.35. The number of nitrogens with zero attached hydrogens (tertiary/aromatic N) is 7. The Morgan fingerprint density at radius 3 is 1.75 bits per heavy atom. The van der Waals surface area contributed by atoms with E-state index in [4.69, 9.17) is 0 Å². The minimum Gasteiger partial charge on any atom is -0.507 e. The van der Waals surface area contributed by atoms with Gasteiger partial charge < -0.3 is 14.8 Å². The van der Waals surface area contributed by atoms with Crippen molar-refractivity contribution in [3.63, 3.8) is 0 Å². The summed E-state index contributed by atoms with van der Waals surface area (Å²) < 4.78 is 2.17. The second kappa shape index (κ2) is 17.0. The van der Waals surface area contributed by atoms with E-state index in [1.165, 1.54) is 51.4 Å². The molecule has 0 fully saturated rings. The van der Waals surface area contributed by atoms with Gasteiger partial charge in [-0.3, -0.25) is 0 Å². The van der Waals surface area contributed by atoms with Gasteiger partial charge in [0, 0.05) is 42.9 Å². The van der Waals surface area contributed by atoms with Gasteiger partial charge in [0.2, 0.25) is 0 Å². The van der Waals surface area contributed by atoms with Gasteiger partial charge in [-0.05, 0) is 44.5 Å². The van der Waals surface area contributed by atoms with Crippen LogP contribution in [0.4, 0.5) is 11.9 Å². The number of phenols is 2. The number of rotatable bonds is 17. The SMILES string of the molecule is CCCCCCCCCCCc1nccn1CCc1nc(N=C(C)c2ccccc2O)nc(N=C(C)c2ccccc2O)n1. The highest BCUT2D eigenvalue weighted by molar-refractivity contribution is 6.02. The molecular weight excluding hydrogens is 550 g/mol. The van der Waals surface area contributed by atoms with Gasteiger partial charge in [0.25, 0.3) is 11.9 Å². The van der Waals surface area contributed by atoms with Crippen molar-refractivity contribution in [2.24, 2.45) is 9.98 Å². The van der Waals surface area contributed by atoms with Crippen molar-refractivity contribution in [2.75, 3.05) is 0 Å². The lowest BCUT2D eigenvalue weighted by Crippen LogP contribution is -2.08. The van der Waals surface area contributed by atoms with Gasteiger partial charge in [-0.25, -0.2) is 15.0 Å². The van der Waals surface area contributed by atoms with Gasteiger partial charge in [0.05, 0.1) is 11.4 Å². The summed E-state index contributed by atoms with van der Waals surface area (Å²) in [5.74, 6) is 2.31. The third-order valence-corrected chi connectivity index (χ3v) is 7.66. The maximum atomic E-state index is 10.3. The Bertz CT molecular complexity index is 1460. The molecule has 232 valence electrons. The molecule has 9 heteroatoms. The van der Waals surface area contributed by atoms with Crippen LogP contribution in [0, 0.1) is 0 Å². The number of hydrogen-bond donors (Lipinski definition) is 2.